The summed E-state index contributed by atoms with van der Waals surface area (Å²) in [5.74, 6) is -0.0631. The molecule has 2 heteroatoms. The molecule has 0 spiro atoms. The number of hydrogen-bond donors (Lipinski definition) is 1. The van der Waals surface area contributed by atoms with Gasteiger partial charge in [0, 0.05) is 6.42 Å². The zero-order chi connectivity index (χ0) is 6.85. The number of carbonyl (C=O) groups is 1. The van der Waals surface area contributed by atoms with E-state index in [1.54, 1.807) is 0 Å². The van der Waals surface area contributed by atoms with Gasteiger partial charge >= 0.3 is 0 Å². The second-order valence-corrected chi connectivity index (χ2v) is 2.21. The Morgan fingerprint density at radius 1 is 1.89 bits per heavy atom. The molecule has 0 aliphatic heterocycles. The van der Waals surface area contributed by atoms with Gasteiger partial charge in [-0.25, -0.2) is 0 Å². The number of carbonyl (C=O) groups excluding carboxylic acids is 1. The van der Waals surface area contributed by atoms with Crippen LogP contribution in [0.3, 0.4) is 0 Å². The van der Waals surface area contributed by atoms with Gasteiger partial charge in [-0.3, -0.25) is 4.79 Å². The summed E-state index contributed by atoms with van der Waals surface area (Å²) in [6.45, 7) is 1.94. The zero-order valence-corrected chi connectivity index (χ0v) is 5.42. The Bertz CT molecular complexity index is 158. The lowest BCUT2D eigenvalue weighted by atomic mass is 10.1. The maximum atomic E-state index is 10.6. The molecule has 1 aliphatic carbocycles. The van der Waals surface area contributed by atoms with Crippen molar-refractivity contribution in [3.05, 3.63) is 11.6 Å². The summed E-state index contributed by atoms with van der Waals surface area (Å²) in [6.07, 6.45) is 2.24. The van der Waals surface area contributed by atoms with E-state index in [0.29, 0.717) is 6.42 Å². The quantitative estimate of drug-likeness (QED) is 0.524. The molecule has 0 radical (unpaired) electrons. The van der Waals surface area contributed by atoms with Crippen molar-refractivity contribution < 1.29 is 9.90 Å². The first-order chi connectivity index (χ1) is 4.25. The first kappa shape index (κ1) is 6.49. The molecule has 1 aliphatic rings. The van der Waals surface area contributed by atoms with Crippen LogP contribution in [0.15, 0.2) is 11.6 Å². The van der Waals surface area contributed by atoms with Crippen LogP contribution in [0.5, 0.6) is 0 Å². The second-order valence-electron chi connectivity index (χ2n) is 2.21. The fraction of sp³-hybridized carbons (Fsp3) is 0.571. The van der Waals surface area contributed by atoms with Gasteiger partial charge in [-0.05, 0) is 12.0 Å². The van der Waals surface area contributed by atoms with E-state index in [4.69, 9.17) is 5.11 Å². The lowest BCUT2D eigenvalue weighted by Gasteiger charge is -2.01. The molecule has 1 atom stereocenters. The van der Waals surface area contributed by atoms with Crippen LogP contribution in [-0.4, -0.2) is 17.0 Å². The predicted octanol–water partition coefficient (Wildman–Crippen LogP) is 0.657. The van der Waals surface area contributed by atoms with Crippen LogP contribution < -0.4 is 0 Å². The number of ketones is 1. The van der Waals surface area contributed by atoms with Crippen LogP contribution in [-0.2, 0) is 4.79 Å². The molecular weight excluding hydrogens is 116 g/mol. The molecule has 0 bridgehead atoms. The Hall–Kier alpha value is -0.630. The Labute approximate surface area is 54.2 Å². The summed E-state index contributed by atoms with van der Waals surface area (Å²) in [5.41, 5.74) is 0.875. The third kappa shape index (κ3) is 1.03. The third-order valence-corrected chi connectivity index (χ3v) is 1.63. The highest BCUT2D eigenvalue weighted by atomic mass is 16.3. The lowest BCUT2D eigenvalue weighted by molar-refractivity contribution is -0.123. The van der Waals surface area contributed by atoms with E-state index in [1.165, 1.54) is 0 Å². The summed E-state index contributed by atoms with van der Waals surface area (Å²) in [7, 11) is 0. The first-order valence-electron chi connectivity index (χ1n) is 3.15. The van der Waals surface area contributed by atoms with Crippen LogP contribution in [0.4, 0.5) is 0 Å². The minimum atomic E-state index is -0.782. The van der Waals surface area contributed by atoms with Gasteiger partial charge in [0.25, 0.3) is 0 Å². The van der Waals surface area contributed by atoms with Crippen molar-refractivity contribution in [2.45, 2.75) is 25.9 Å². The molecule has 0 heterocycles. The molecule has 1 rings (SSSR count). The van der Waals surface area contributed by atoms with Gasteiger partial charge in [0.15, 0.2) is 5.78 Å². The zero-order valence-electron chi connectivity index (χ0n) is 5.42. The summed E-state index contributed by atoms with van der Waals surface area (Å²) in [6, 6.07) is 0. The van der Waals surface area contributed by atoms with Gasteiger partial charge in [-0.15, -0.1) is 0 Å². The third-order valence-electron chi connectivity index (χ3n) is 1.63. The van der Waals surface area contributed by atoms with Crippen molar-refractivity contribution >= 4 is 5.78 Å². The van der Waals surface area contributed by atoms with Crippen LogP contribution in [0.25, 0.3) is 0 Å². The summed E-state index contributed by atoms with van der Waals surface area (Å²) < 4.78 is 0. The van der Waals surface area contributed by atoms with Gasteiger partial charge in [0.05, 0.1) is 0 Å². The number of aliphatic hydroxyl groups excluding tert-OH is 1. The SMILES string of the molecule is CCC1=CCC(=O)C1O. The molecule has 2 nitrogen and oxygen atoms in total. The molecule has 0 saturated carbocycles. The second kappa shape index (κ2) is 2.31. The van der Waals surface area contributed by atoms with E-state index < -0.39 is 6.10 Å². The van der Waals surface area contributed by atoms with Gasteiger partial charge in [-0.2, -0.15) is 0 Å². The highest BCUT2D eigenvalue weighted by Gasteiger charge is 2.22. The smallest absolute Gasteiger partial charge is 0.169 e. The van der Waals surface area contributed by atoms with Gasteiger partial charge in [0.2, 0.25) is 0 Å². The Balaban J connectivity index is 2.66. The minimum absolute atomic E-state index is 0.0631. The maximum absolute atomic E-state index is 10.6. The molecule has 0 fully saturated rings. The first-order valence-corrected chi connectivity index (χ1v) is 3.15. The Morgan fingerprint density at radius 2 is 2.56 bits per heavy atom. The normalized spacial score (nSPS) is 26.7. The topological polar surface area (TPSA) is 37.3 Å². The van der Waals surface area contributed by atoms with Crippen LogP contribution in [0.1, 0.15) is 19.8 Å². The van der Waals surface area contributed by atoms with Gasteiger partial charge in [-0.1, -0.05) is 13.0 Å². The van der Waals surface area contributed by atoms with Crippen LogP contribution in [0, 0.1) is 0 Å². The Morgan fingerprint density at radius 3 is 2.78 bits per heavy atom. The van der Waals surface area contributed by atoms with Crippen molar-refractivity contribution in [3.63, 3.8) is 0 Å². The van der Waals surface area contributed by atoms with E-state index in [9.17, 15) is 4.79 Å². The minimum Gasteiger partial charge on any atom is -0.381 e. The summed E-state index contributed by atoms with van der Waals surface area (Å²) in [5, 5.41) is 9.04. The number of hydrogen-bond acceptors (Lipinski definition) is 2. The van der Waals surface area contributed by atoms with E-state index in [2.05, 4.69) is 0 Å². The van der Waals surface area contributed by atoms with Crippen molar-refractivity contribution in [1.29, 1.82) is 0 Å². The molecule has 50 valence electrons. The van der Waals surface area contributed by atoms with Gasteiger partial charge in [0.1, 0.15) is 6.10 Å². The summed E-state index contributed by atoms with van der Waals surface area (Å²) >= 11 is 0. The average molecular weight is 126 g/mol. The molecule has 0 amide bonds. The number of Topliss-reactive ketones (excluding diaryl/α,β-unsaturated/α-hetero) is 1. The van der Waals surface area contributed by atoms with Crippen LogP contribution >= 0.6 is 0 Å². The van der Waals surface area contributed by atoms with Gasteiger partial charge < -0.3 is 5.11 Å². The number of allylic oxidation sites excluding steroid dienone is 1. The van der Waals surface area contributed by atoms with E-state index >= 15 is 0 Å². The molecule has 0 saturated heterocycles. The highest BCUT2D eigenvalue weighted by Crippen LogP contribution is 2.17. The monoisotopic (exact) mass is 126 g/mol. The number of rotatable bonds is 1. The maximum Gasteiger partial charge on any atom is 0.169 e. The van der Waals surface area contributed by atoms with Crippen molar-refractivity contribution in [3.8, 4) is 0 Å². The molecule has 0 aromatic heterocycles. The molecular formula is C7H10O2. The molecule has 0 aromatic carbocycles. The molecule has 0 aromatic rings. The molecule has 1 unspecified atom stereocenters. The highest BCUT2D eigenvalue weighted by molar-refractivity contribution is 5.90. The van der Waals surface area contributed by atoms with E-state index in [0.717, 1.165) is 12.0 Å². The predicted molar refractivity (Wildman–Crippen MR) is 34.0 cm³/mol. The van der Waals surface area contributed by atoms with E-state index in [1.807, 2.05) is 13.0 Å². The fourth-order valence-corrected chi connectivity index (χ4v) is 0.999. The fourth-order valence-electron chi connectivity index (χ4n) is 0.999. The molecule has 1 N–H and O–H groups in total. The largest absolute Gasteiger partial charge is 0.381 e. The van der Waals surface area contributed by atoms with E-state index in [-0.39, 0.29) is 5.78 Å². The van der Waals surface area contributed by atoms with Crippen molar-refractivity contribution in [2.75, 3.05) is 0 Å². The van der Waals surface area contributed by atoms with Crippen LogP contribution in [0.2, 0.25) is 0 Å². The average Bonchev–Trinajstić information content (AvgIpc) is 2.15. The Kier molecular flexibility index (Phi) is 1.67. The molecule has 9 heavy (non-hydrogen) atoms. The number of aliphatic hydroxyl groups is 1. The summed E-state index contributed by atoms with van der Waals surface area (Å²) in [4.78, 5) is 10.6. The van der Waals surface area contributed by atoms with Crippen molar-refractivity contribution in [1.82, 2.24) is 0 Å². The van der Waals surface area contributed by atoms with Crippen molar-refractivity contribution in [2.24, 2.45) is 0 Å². The lowest BCUT2D eigenvalue weighted by Crippen LogP contribution is -2.15. The standard InChI is InChI=1S/C7H10O2/c1-2-5-3-4-6(8)7(5)9/h3,7,9H,2,4H2,1H3.